The number of allylic oxidation sites excluding steroid dienone is 3. The summed E-state index contributed by atoms with van der Waals surface area (Å²) in [7, 11) is 0. The molecule has 0 unspecified atom stereocenters. The number of hydrogen-bond donors (Lipinski definition) is 0. The minimum absolute atomic E-state index is 1.00. The first-order chi connectivity index (χ1) is 6.59. The molecule has 0 heterocycles. The van der Waals surface area contributed by atoms with Crippen LogP contribution in [-0.4, -0.2) is 0 Å². The van der Waals surface area contributed by atoms with Crippen molar-refractivity contribution in [3.63, 3.8) is 0 Å². The highest BCUT2D eigenvalue weighted by Gasteiger charge is 1.95. The molecule has 0 amide bonds. The molecule has 1 aromatic rings. The van der Waals surface area contributed by atoms with Gasteiger partial charge in [-0.05, 0) is 38.3 Å². The van der Waals surface area contributed by atoms with Crippen LogP contribution in [0.15, 0.2) is 42.5 Å². The molecule has 0 radical (unpaired) electrons. The molecule has 0 atom stereocenters. The van der Waals surface area contributed by atoms with Gasteiger partial charge in [0.2, 0.25) is 0 Å². The molecule has 0 saturated carbocycles. The smallest absolute Gasteiger partial charge is 0.00915 e. The van der Waals surface area contributed by atoms with Gasteiger partial charge >= 0.3 is 0 Å². The van der Waals surface area contributed by atoms with E-state index in [4.69, 9.17) is 0 Å². The fourth-order valence-corrected chi connectivity index (χ4v) is 1.41. The SMILES string of the molecule is C=C(C)C=CCc1cc(C)ccc1C. The molecule has 0 aromatic heterocycles. The average molecular weight is 186 g/mol. The van der Waals surface area contributed by atoms with E-state index in [1.165, 1.54) is 16.7 Å². The van der Waals surface area contributed by atoms with Gasteiger partial charge in [0.05, 0.1) is 0 Å². The third kappa shape index (κ3) is 3.21. The van der Waals surface area contributed by atoms with Crippen LogP contribution in [0.25, 0.3) is 0 Å². The van der Waals surface area contributed by atoms with E-state index in [0.717, 1.165) is 12.0 Å². The van der Waals surface area contributed by atoms with E-state index in [1.54, 1.807) is 0 Å². The van der Waals surface area contributed by atoms with Crippen molar-refractivity contribution >= 4 is 0 Å². The highest BCUT2D eigenvalue weighted by Crippen LogP contribution is 2.11. The second kappa shape index (κ2) is 4.80. The third-order valence-corrected chi connectivity index (χ3v) is 2.24. The molecular formula is C14H18. The van der Waals surface area contributed by atoms with E-state index >= 15 is 0 Å². The molecule has 0 saturated heterocycles. The maximum atomic E-state index is 3.84. The normalized spacial score (nSPS) is 10.8. The van der Waals surface area contributed by atoms with Crippen LogP contribution in [0.2, 0.25) is 0 Å². The maximum absolute atomic E-state index is 3.84. The Kier molecular flexibility index (Phi) is 3.70. The van der Waals surface area contributed by atoms with Crippen LogP contribution in [0.1, 0.15) is 23.6 Å². The second-order valence-electron chi connectivity index (χ2n) is 3.88. The predicted molar refractivity (Wildman–Crippen MR) is 63.6 cm³/mol. The Bertz CT molecular complexity index is 356. The summed E-state index contributed by atoms with van der Waals surface area (Å²) in [4.78, 5) is 0. The Balaban J connectivity index is 2.76. The van der Waals surface area contributed by atoms with E-state index in [0.29, 0.717) is 0 Å². The standard InChI is InChI=1S/C14H18/c1-11(2)6-5-7-14-10-12(3)8-9-13(14)4/h5-6,8-10H,1,7H2,2-4H3. The van der Waals surface area contributed by atoms with Gasteiger partial charge in [0, 0.05) is 0 Å². The number of aryl methyl sites for hydroxylation is 2. The third-order valence-electron chi connectivity index (χ3n) is 2.24. The van der Waals surface area contributed by atoms with E-state index in [-0.39, 0.29) is 0 Å². The van der Waals surface area contributed by atoms with Crippen LogP contribution in [0, 0.1) is 13.8 Å². The largest absolute Gasteiger partial charge is 0.0961 e. The molecule has 0 nitrogen and oxygen atoms in total. The minimum atomic E-state index is 1.00. The fraction of sp³-hybridized carbons (Fsp3) is 0.286. The molecule has 0 spiro atoms. The van der Waals surface area contributed by atoms with E-state index in [1.807, 2.05) is 6.92 Å². The summed E-state index contributed by atoms with van der Waals surface area (Å²) in [6, 6.07) is 6.58. The lowest BCUT2D eigenvalue weighted by atomic mass is 10.0. The van der Waals surface area contributed by atoms with Crippen molar-refractivity contribution in [2.24, 2.45) is 0 Å². The summed E-state index contributed by atoms with van der Waals surface area (Å²) in [5.41, 5.74) is 5.20. The summed E-state index contributed by atoms with van der Waals surface area (Å²) in [6.07, 6.45) is 5.24. The molecule has 0 aliphatic heterocycles. The zero-order chi connectivity index (χ0) is 10.6. The van der Waals surface area contributed by atoms with Crippen molar-refractivity contribution in [2.75, 3.05) is 0 Å². The summed E-state index contributed by atoms with van der Waals surface area (Å²) < 4.78 is 0. The Morgan fingerprint density at radius 3 is 2.71 bits per heavy atom. The summed E-state index contributed by atoms with van der Waals surface area (Å²) in [5.74, 6) is 0. The number of hydrogen-bond acceptors (Lipinski definition) is 0. The van der Waals surface area contributed by atoms with Gasteiger partial charge in [-0.25, -0.2) is 0 Å². The van der Waals surface area contributed by atoms with Gasteiger partial charge < -0.3 is 0 Å². The molecule has 0 aliphatic carbocycles. The lowest BCUT2D eigenvalue weighted by Gasteiger charge is -2.03. The van der Waals surface area contributed by atoms with Gasteiger partial charge in [0.25, 0.3) is 0 Å². The lowest BCUT2D eigenvalue weighted by molar-refractivity contribution is 1.19. The fourth-order valence-electron chi connectivity index (χ4n) is 1.41. The lowest BCUT2D eigenvalue weighted by Crippen LogP contribution is -1.87. The first-order valence-corrected chi connectivity index (χ1v) is 4.98. The molecule has 14 heavy (non-hydrogen) atoms. The molecular weight excluding hydrogens is 168 g/mol. The van der Waals surface area contributed by atoms with Gasteiger partial charge in [-0.3, -0.25) is 0 Å². The first-order valence-electron chi connectivity index (χ1n) is 4.98. The van der Waals surface area contributed by atoms with Crippen LogP contribution in [-0.2, 0) is 6.42 Å². The van der Waals surface area contributed by atoms with Crippen molar-refractivity contribution in [1.29, 1.82) is 0 Å². The molecule has 1 aromatic carbocycles. The molecule has 0 fully saturated rings. The van der Waals surface area contributed by atoms with E-state index in [2.05, 4.69) is 50.8 Å². The molecule has 0 heteroatoms. The van der Waals surface area contributed by atoms with E-state index < -0.39 is 0 Å². The summed E-state index contributed by atoms with van der Waals surface area (Å²) >= 11 is 0. The van der Waals surface area contributed by atoms with Crippen LogP contribution < -0.4 is 0 Å². The Morgan fingerprint density at radius 2 is 2.07 bits per heavy atom. The summed E-state index contributed by atoms with van der Waals surface area (Å²) in [6.45, 7) is 10.1. The quantitative estimate of drug-likeness (QED) is 0.626. The molecule has 0 bridgehead atoms. The van der Waals surface area contributed by atoms with Gasteiger partial charge in [-0.2, -0.15) is 0 Å². The Morgan fingerprint density at radius 1 is 1.36 bits per heavy atom. The van der Waals surface area contributed by atoms with E-state index in [9.17, 15) is 0 Å². The molecule has 74 valence electrons. The van der Waals surface area contributed by atoms with Gasteiger partial charge in [0.1, 0.15) is 0 Å². The predicted octanol–water partition coefficient (Wildman–Crippen LogP) is 3.98. The van der Waals surface area contributed by atoms with Crippen LogP contribution in [0.5, 0.6) is 0 Å². The Hall–Kier alpha value is -1.30. The van der Waals surface area contributed by atoms with Crippen molar-refractivity contribution in [1.82, 2.24) is 0 Å². The zero-order valence-electron chi connectivity index (χ0n) is 9.30. The van der Waals surface area contributed by atoms with Crippen LogP contribution >= 0.6 is 0 Å². The number of benzene rings is 1. The number of rotatable bonds is 3. The second-order valence-corrected chi connectivity index (χ2v) is 3.88. The minimum Gasteiger partial charge on any atom is -0.0961 e. The van der Waals surface area contributed by atoms with Crippen molar-refractivity contribution in [2.45, 2.75) is 27.2 Å². The molecule has 1 rings (SSSR count). The van der Waals surface area contributed by atoms with Crippen molar-refractivity contribution < 1.29 is 0 Å². The van der Waals surface area contributed by atoms with Crippen molar-refractivity contribution in [3.05, 3.63) is 59.2 Å². The average Bonchev–Trinajstić information content (AvgIpc) is 2.10. The molecule has 0 aliphatic rings. The van der Waals surface area contributed by atoms with Gasteiger partial charge in [-0.15, -0.1) is 0 Å². The summed E-state index contributed by atoms with van der Waals surface area (Å²) in [5, 5.41) is 0. The molecule has 0 N–H and O–H groups in total. The first kappa shape index (κ1) is 10.8. The van der Waals surface area contributed by atoms with Gasteiger partial charge in [-0.1, -0.05) is 48.1 Å². The monoisotopic (exact) mass is 186 g/mol. The van der Waals surface area contributed by atoms with Gasteiger partial charge in [0.15, 0.2) is 0 Å². The zero-order valence-corrected chi connectivity index (χ0v) is 9.30. The van der Waals surface area contributed by atoms with Crippen molar-refractivity contribution in [3.8, 4) is 0 Å². The van der Waals surface area contributed by atoms with Crippen LogP contribution in [0.3, 0.4) is 0 Å². The maximum Gasteiger partial charge on any atom is -0.00915 e. The highest BCUT2D eigenvalue weighted by molar-refractivity contribution is 5.32. The van der Waals surface area contributed by atoms with Crippen LogP contribution in [0.4, 0.5) is 0 Å². The topological polar surface area (TPSA) is 0 Å². The highest BCUT2D eigenvalue weighted by atomic mass is 14.0. The Labute approximate surface area is 87.0 Å².